The summed E-state index contributed by atoms with van der Waals surface area (Å²) in [5, 5.41) is 15.2. The van der Waals surface area contributed by atoms with Crippen molar-refractivity contribution in [3.05, 3.63) is 59.0 Å². The molecule has 37 heavy (non-hydrogen) atoms. The molecule has 10 nitrogen and oxygen atoms in total. The fourth-order valence-electron chi connectivity index (χ4n) is 3.69. The number of amides is 1. The summed E-state index contributed by atoms with van der Waals surface area (Å²) in [6.45, 7) is 5.86. The lowest BCUT2D eigenvalue weighted by Crippen LogP contribution is -2.39. The van der Waals surface area contributed by atoms with Crippen LogP contribution in [0.1, 0.15) is 42.4 Å². The molecule has 1 unspecified atom stereocenters. The van der Waals surface area contributed by atoms with Crippen LogP contribution in [0.4, 0.5) is 4.53 Å². The van der Waals surface area contributed by atoms with Crippen molar-refractivity contribution in [2.75, 3.05) is 32.9 Å². The normalized spacial score (nSPS) is 18.4. The number of amidine groups is 1. The lowest BCUT2D eigenvalue weighted by Gasteiger charge is -2.20. The Kier molecular flexibility index (Phi) is 11.1. The van der Waals surface area contributed by atoms with Gasteiger partial charge in [-0.2, -0.15) is 15.1 Å². The van der Waals surface area contributed by atoms with E-state index in [-0.39, 0.29) is 19.1 Å². The van der Waals surface area contributed by atoms with Crippen molar-refractivity contribution in [2.45, 2.75) is 38.6 Å². The van der Waals surface area contributed by atoms with Crippen molar-refractivity contribution in [3.63, 3.8) is 0 Å². The molecule has 0 radical (unpaired) electrons. The number of carbonyl (C=O) groups excluding carboxylic acids is 1. The van der Waals surface area contributed by atoms with Gasteiger partial charge in [-0.05, 0) is 66.5 Å². The molecule has 4 rings (SSSR count). The fourth-order valence-corrected chi connectivity index (χ4v) is 3.69. The van der Waals surface area contributed by atoms with Gasteiger partial charge < -0.3 is 21.1 Å². The maximum absolute atomic E-state index is 12.4. The number of aromatic nitrogens is 2. The van der Waals surface area contributed by atoms with Crippen LogP contribution in [-0.2, 0) is 14.5 Å². The monoisotopic (exact) mass is 511 g/mol. The van der Waals surface area contributed by atoms with Crippen molar-refractivity contribution >= 4 is 18.5 Å². The minimum absolute atomic E-state index is 0.0823. The quantitative estimate of drug-likeness (QED) is 0.486. The van der Waals surface area contributed by atoms with Gasteiger partial charge in [0.1, 0.15) is 18.3 Å². The Morgan fingerprint density at radius 3 is 2.84 bits per heavy atom. The fraction of sp³-hybridized carbons (Fsp3) is 0.423. The molecular formula is C26H34FN7O3. The predicted octanol–water partition coefficient (Wildman–Crippen LogP) is 2.59. The lowest BCUT2D eigenvalue weighted by atomic mass is 10.0. The molecule has 11 heteroatoms. The Balaban J connectivity index is 0.00000121. The number of halogens is 1. The summed E-state index contributed by atoms with van der Waals surface area (Å²) in [6, 6.07) is 8.06. The van der Waals surface area contributed by atoms with E-state index in [1.807, 2.05) is 20.0 Å². The van der Waals surface area contributed by atoms with Crippen molar-refractivity contribution < 1.29 is 19.0 Å². The molecule has 198 valence electrons. The highest BCUT2D eigenvalue weighted by atomic mass is 19.3. The van der Waals surface area contributed by atoms with Gasteiger partial charge in [-0.1, -0.05) is 12.1 Å². The summed E-state index contributed by atoms with van der Waals surface area (Å²) in [4.78, 5) is 21.5. The van der Waals surface area contributed by atoms with Gasteiger partial charge in [0.15, 0.2) is 0 Å². The van der Waals surface area contributed by atoms with Crippen LogP contribution in [0, 0.1) is 6.92 Å². The zero-order chi connectivity index (χ0) is 26.5. The summed E-state index contributed by atoms with van der Waals surface area (Å²) in [5.41, 5.74) is 9.22. The molecule has 1 saturated carbocycles. The molecule has 4 N–H and O–H groups in total. The Morgan fingerprint density at radius 1 is 1.30 bits per heavy atom. The zero-order valence-corrected chi connectivity index (χ0v) is 21.2. The molecule has 1 atom stereocenters. The van der Waals surface area contributed by atoms with Crippen LogP contribution in [-0.4, -0.2) is 67.6 Å². The first kappa shape index (κ1) is 27.9. The van der Waals surface area contributed by atoms with Crippen molar-refractivity contribution in [1.29, 1.82) is 0 Å². The molecule has 0 bridgehead atoms. The smallest absolute Gasteiger partial charge is 0.204 e. The van der Waals surface area contributed by atoms with E-state index in [2.05, 4.69) is 60.8 Å². The molecule has 1 fully saturated rings. The third-order valence-corrected chi connectivity index (χ3v) is 5.70. The number of benzene rings is 1. The summed E-state index contributed by atoms with van der Waals surface area (Å²) in [7, 11) is 0. The number of ether oxygens (including phenoxy) is 1. The zero-order valence-electron chi connectivity index (χ0n) is 21.2. The topological polar surface area (TPSA) is 136 Å². The molecule has 2 aliphatic rings. The molecule has 2 heterocycles. The van der Waals surface area contributed by atoms with E-state index in [9.17, 15) is 4.53 Å². The number of nitrogens with one attached hydrogen (secondary N) is 2. The van der Waals surface area contributed by atoms with E-state index >= 15 is 0 Å². The van der Waals surface area contributed by atoms with E-state index in [4.69, 9.17) is 14.5 Å². The average Bonchev–Trinajstić information content (AvgIpc) is 3.73. The minimum atomic E-state index is -0.262. The Hall–Kier alpha value is -3.70. The first-order chi connectivity index (χ1) is 18.0. The van der Waals surface area contributed by atoms with Crippen molar-refractivity contribution in [3.8, 4) is 11.3 Å². The van der Waals surface area contributed by atoms with Crippen LogP contribution in [0.5, 0.6) is 0 Å². The number of carbonyl (C=O) groups is 1. The number of allylic oxidation sites excluding steroid dienone is 1. The molecule has 1 aliphatic heterocycles. The predicted molar refractivity (Wildman–Crippen MR) is 141 cm³/mol. The Bertz CT molecular complexity index is 1120. The van der Waals surface area contributed by atoms with Crippen LogP contribution >= 0.6 is 0 Å². The second-order valence-corrected chi connectivity index (χ2v) is 8.74. The van der Waals surface area contributed by atoms with Crippen LogP contribution in [0.2, 0.25) is 0 Å². The standard InChI is InChI=1S/C25H31FN6O2.CH3NO/c1-17-3-4-20(23-14-21(15-29-32-23)19-5-6-19)13-22(17)25-28-10-12-33-11-9-27-8-7-24(31-25)30-18(2)16-34-26;2-1-3/h3-4,7-8,13-15,18-19,30H,5-6,9-12,16H2,1-2H3,(H,28,31);1H,(H2,2,3)/b24-7-,27-8?;. The van der Waals surface area contributed by atoms with E-state index in [1.54, 1.807) is 12.3 Å². The SMILES string of the molecule is Cc1ccc(-c2cc(C3CC3)cnn2)cc1C1=NCCOCCN=C/C=C(/NC(C)COF)N1.NC=O. The van der Waals surface area contributed by atoms with Gasteiger partial charge in [0.2, 0.25) is 6.41 Å². The van der Waals surface area contributed by atoms with Crippen LogP contribution in [0.3, 0.4) is 0 Å². The number of aryl methyl sites for hydroxylation is 1. The van der Waals surface area contributed by atoms with Crippen LogP contribution in [0.15, 0.2) is 52.3 Å². The van der Waals surface area contributed by atoms with Gasteiger partial charge in [0.25, 0.3) is 0 Å². The van der Waals surface area contributed by atoms with Crippen molar-refractivity contribution in [1.82, 2.24) is 20.8 Å². The largest absolute Gasteiger partial charge is 0.378 e. The van der Waals surface area contributed by atoms with Crippen LogP contribution < -0.4 is 16.4 Å². The number of aliphatic imine (C=N–C) groups is 2. The van der Waals surface area contributed by atoms with Gasteiger partial charge >= 0.3 is 0 Å². The summed E-state index contributed by atoms with van der Waals surface area (Å²) < 4.78 is 18.0. The molecule has 1 aromatic carbocycles. The Labute approximate surface area is 216 Å². The average molecular weight is 512 g/mol. The molecule has 1 amide bonds. The summed E-state index contributed by atoms with van der Waals surface area (Å²) >= 11 is 0. The maximum atomic E-state index is 12.4. The third-order valence-electron chi connectivity index (χ3n) is 5.70. The highest BCUT2D eigenvalue weighted by Crippen LogP contribution is 2.40. The highest BCUT2D eigenvalue weighted by molar-refractivity contribution is 6.02. The lowest BCUT2D eigenvalue weighted by molar-refractivity contribution is -0.137. The van der Waals surface area contributed by atoms with E-state index in [0.717, 1.165) is 22.4 Å². The van der Waals surface area contributed by atoms with Gasteiger partial charge in [-0.3, -0.25) is 14.8 Å². The molecule has 2 aromatic rings. The number of nitrogens with two attached hydrogens (primary N) is 1. The van der Waals surface area contributed by atoms with Crippen molar-refractivity contribution in [2.24, 2.45) is 15.7 Å². The first-order valence-corrected chi connectivity index (χ1v) is 12.2. The number of primary amides is 1. The molecular weight excluding hydrogens is 477 g/mol. The van der Waals surface area contributed by atoms with Gasteiger partial charge in [0, 0.05) is 17.3 Å². The third kappa shape index (κ3) is 9.03. The van der Waals surface area contributed by atoms with Crippen LogP contribution in [0.25, 0.3) is 11.3 Å². The number of hydrogen-bond acceptors (Lipinski definition) is 9. The number of hydrogen-bond donors (Lipinski definition) is 3. The molecule has 0 saturated heterocycles. The van der Waals surface area contributed by atoms with E-state index < -0.39 is 0 Å². The van der Waals surface area contributed by atoms with E-state index in [1.165, 1.54) is 18.4 Å². The first-order valence-electron chi connectivity index (χ1n) is 12.2. The van der Waals surface area contributed by atoms with Gasteiger partial charge in [-0.15, -0.1) is 0 Å². The molecule has 0 spiro atoms. The summed E-state index contributed by atoms with van der Waals surface area (Å²) in [6.07, 6.45) is 8.04. The maximum Gasteiger partial charge on any atom is 0.204 e. The number of nitrogens with zero attached hydrogens (tertiary/aromatic N) is 4. The Morgan fingerprint density at radius 2 is 2.08 bits per heavy atom. The second-order valence-electron chi connectivity index (χ2n) is 8.74. The molecule has 1 aromatic heterocycles. The van der Waals surface area contributed by atoms with Gasteiger partial charge in [0.05, 0.1) is 44.2 Å². The second kappa shape index (κ2) is 14.8. The highest BCUT2D eigenvalue weighted by Gasteiger charge is 2.24. The minimum Gasteiger partial charge on any atom is -0.378 e. The summed E-state index contributed by atoms with van der Waals surface area (Å²) in [5.74, 6) is 1.93. The van der Waals surface area contributed by atoms with Gasteiger partial charge in [-0.25, -0.2) is 0 Å². The molecule has 1 aliphatic carbocycles. The number of rotatable bonds is 7. The van der Waals surface area contributed by atoms with E-state index in [0.29, 0.717) is 43.9 Å².